The van der Waals surface area contributed by atoms with Gasteiger partial charge in [0.25, 0.3) is 0 Å². The monoisotopic (exact) mass is 561 g/mol. The van der Waals surface area contributed by atoms with Crippen molar-refractivity contribution in [2.45, 2.75) is 38.4 Å². The summed E-state index contributed by atoms with van der Waals surface area (Å²) in [6.07, 6.45) is -0.284. The molecule has 1 aliphatic carbocycles. The highest BCUT2D eigenvalue weighted by Crippen LogP contribution is 2.34. The third kappa shape index (κ3) is 7.60. The molecule has 1 saturated carbocycles. The van der Waals surface area contributed by atoms with Crippen LogP contribution < -0.4 is 15.5 Å². The molecule has 170 valence electrons. The lowest BCUT2D eigenvalue weighted by Crippen LogP contribution is -2.44. The minimum Gasteiger partial charge on any atom is -0.379 e. The van der Waals surface area contributed by atoms with Gasteiger partial charge >= 0.3 is 6.18 Å². The van der Waals surface area contributed by atoms with Crippen molar-refractivity contribution in [3.05, 3.63) is 22.8 Å². The number of nitrogens with zero attached hydrogens (tertiary/aromatic N) is 3. The van der Waals surface area contributed by atoms with Crippen molar-refractivity contribution in [2.75, 3.05) is 44.3 Å². The molecule has 3 rings (SSSR count). The van der Waals surface area contributed by atoms with E-state index >= 15 is 0 Å². The summed E-state index contributed by atoms with van der Waals surface area (Å²) in [7, 11) is 0. The first kappa shape index (κ1) is 25.3. The molecule has 6 nitrogen and oxygen atoms in total. The van der Waals surface area contributed by atoms with E-state index in [9.17, 15) is 13.2 Å². The molecule has 1 atom stereocenters. The molecular formula is C19H28ClF3IN5O. The molecule has 1 aromatic rings. The number of ether oxygens (including phenoxy) is 1. The summed E-state index contributed by atoms with van der Waals surface area (Å²) in [5.74, 6) is 1.82. The first-order chi connectivity index (χ1) is 13.9. The van der Waals surface area contributed by atoms with Crippen molar-refractivity contribution in [1.82, 2.24) is 15.6 Å². The van der Waals surface area contributed by atoms with Crippen molar-refractivity contribution in [2.24, 2.45) is 10.9 Å². The Labute approximate surface area is 197 Å². The number of halogens is 5. The fourth-order valence-electron chi connectivity index (χ4n) is 3.16. The Morgan fingerprint density at radius 1 is 1.37 bits per heavy atom. The van der Waals surface area contributed by atoms with Crippen LogP contribution >= 0.6 is 35.6 Å². The van der Waals surface area contributed by atoms with Crippen LogP contribution in [-0.2, 0) is 10.9 Å². The first-order valence-corrected chi connectivity index (χ1v) is 10.3. The molecule has 1 aromatic heterocycles. The highest BCUT2D eigenvalue weighted by atomic mass is 127. The number of guanidine groups is 1. The van der Waals surface area contributed by atoms with Gasteiger partial charge in [0.2, 0.25) is 0 Å². The zero-order chi connectivity index (χ0) is 20.9. The highest BCUT2D eigenvalue weighted by Gasteiger charge is 2.33. The number of alkyl halides is 3. The lowest BCUT2D eigenvalue weighted by molar-refractivity contribution is -0.137. The van der Waals surface area contributed by atoms with Crippen molar-refractivity contribution in [3.63, 3.8) is 0 Å². The Morgan fingerprint density at radius 2 is 2.13 bits per heavy atom. The molecule has 2 fully saturated rings. The molecule has 0 bridgehead atoms. The van der Waals surface area contributed by atoms with Gasteiger partial charge in [-0.1, -0.05) is 11.6 Å². The predicted molar refractivity (Wildman–Crippen MR) is 123 cm³/mol. The smallest absolute Gasteiger partial charge is 0.379 e. The van der Waals surface area contributed by atoms with Gasteiger partial charge in [-0.3, -0.25) is 4.99 Å². The topological polar surface area (TPSA) is 61.8 Å². The zero-order valence-electron chi connectivity index (χ0n) is 16.8. The predicted octanol–water partition coefficient (Wildman–Crippen LogP) is 3.93. The summed E-state index contributed by atoms with van der Waals surface area (Å²) in [6, 6.07) is 1.03. The fourth-order valence-corrected chi connectivity index (χ4v) is 3.44. The van der Waals surface area contributed by atoms with Gasteiger partial charge in [0.1, 0.15) is 5.82 Å². The maximum atomic E-state index is 12.8. The standard InChI is InChI=1S/C19H27ClF3N5O.HI/c1-2-24-18(25-6-8-29-12-13-3-4-13)27-15-5-7-28(11-15)17-16(20)9-14(10-26-17)19(21,22)23;/h9-10,13,15H,2-8,11-12H2,1H3,(H2,24,25,27);1H. The summed E-state index contributed by atoms with van der Waals surface area (Å²) in [5.41, 5.74) is -0.842. The Bertz CT molecular complexity index is 718. The SMILES string of the molecule is CCNC(=NCCOCC1CC1)NC1CCN(c2ncc(C(F)(F)F)cc2Cl)C1.I. The molecule has 11 heteroatoms. The fraction of sp³-hybridized carbons (Fsp3) is 0.684. The molecule has 0 spiro atoms. The number of nitrogens with one attached hydrogen (secondary N) is 2. The van der Waals surface area contributed by atoms with Crippen LogP contribution in [0.5, 0.6) is 0 Å². The number of aromatic nitrogens is 1. The van der Waals surface area contributed by atoms with Gasteiger partial charge in [-0.05, 0) is 38.2 Å². The van der Waals surface area contributed by atoms with E-state index in [-0.39, 0.29) is 35.0 Å². The summed E-state index contributed by atoms with van der Waals surface area (Å²) in [6.45, 7) is 5.95. The third-order valence-electron chi connectivity index (χ3n) is 4.88. The Kier molecular flexibility index (Phi) is 9.73. The minimum atomic E-state index is -4.45. The molecule has 0 amide bonds. The molecule has 2 N–H and O–H groups in total. The van der Waals surface area contributed by atoms with E-state index in [0.717, 1.165) is 37.8 Å². The van der Waals surface area contributed by atoms with Gasteiger partial charge in [0.05, 0.1) is 23.7 Å². The van der Waals surface area contributed by atoms with Crippen LogP contribution in [0.3, 0.4) is 0 Å². The Morgan fingerprint density at radius 3 is 2.77 bits per heavy atom. The molecule has 0 radical (unpaired) electrons. The summed E-state index contributed by atoms with van der Waals surface area (Å²) in [5, 5.41) is 6.59. The van der Waals surface area contributed by atoms with Crippen LogP contribution in [0.2, 0.25) is 5.02 Å². The van der Waals surface area contributed by atoms with Gasteiger partial charge in [-0.15, -0.1) is 24.0 Å². The van der Waals surface area contributed by atoms with Crippen LogP contribution in [0.25, 0.3) is 0 Å². The maximum Gasteiger partial charge on any atom is 0.417 e. The highest BCUT2D eigenvalue weighted by molar-refractivity contribution is 14.0. The van der Waals surface area contributed by atoms with Gasteiger partial charge < -0.3 is 20.3 Å². The zero-order valence-corrected chi connectivity index (χ0v) is 19.9. The lowest BCUT2D eigenvalue weighted by atomic mass is 10.2. The lowest BCUT2D eigenvalue weighted by Gasteiger charge is -2.21. The molecule has 1 aliphatic heterocycles. The van der Waals surface area contributed by atoms with Gasteiger partial charge in [-0.25, -0.2) is 4.98 Å². The van der Waals surface area contributed by atoms with Gasteiger partial charge in [-0.2, -0.15) is 13.2 Å². The molecule has 2 aliphatic rings. The van der Waals surface area contributed by atoms with Crippen molar-refractivity contribution >= 4 is 47.4 Å². The quantitative estimate of drug-likeness (QED) is 0.218. The molecule has 1 unspecified atom stereocenters. The summed E-state index contributed by atoms with van der Waals surface area (Å²) in [4.78, 5) is 10.4. The van der Waals surface area contributed by atoms with Gasteiger partial charge in [0, 0.05) is 38.5 Å². The van der Waals surface area contributed by atoms with Crippen LogP contribution in [0.15, 0.2) is 17.3 Å². The normalized spacial score (nSPS) is 19.6. The van der Waals surface area contributed by atoms with Crippen LogP contribution in [0, 0.1) is 5.92 Å². The number of anilines is 1. The van der Waals surface area contributed by atoms with Gasteiger partial charge in [0.15, 0.2) is 5.96 Å². The second-order valence-electron chi connectivity index (χ2n) is 7.38. The van der Waals surface area contributed by atoms with Crippen LogP contribution in [0.4, 0.5) is 19.0 Å². The average Bonchev–Trinajstić information content (AvgIpc) is 3.37. The van der Waals surface area contributed by atoms with E-state index in [4.69, 9.17) is 16.3 Å². The minimum absolute atomic E-state index is 0. The van der Waals surface area contributed by atoms with Crippen LogP contribution in [-0.4, -0.2) is 56.4 Å². The molecule has 30 heavy (non-hydrogen) atoms. The van der Waals surface area contributed by atoms with E-state index in [1.807, 2.05) is 11.8 Å². The molecule has 0 aromatic carbocycles. The largest absolute Gasteiger partial charge is 0.417 e. The van der Waals surface area contributed by atoms with Crippen molar-refractivity contribution < 1.29 is 17.9 Å². The first-order valence-electron chi connectivity index (χ1n) is 9.97. The summed E-state index contributed by atoms with van der Waals surface area (Å²) >= 11 is 6.07. The number of hydrogen-bond acceptors (Lipinski definition) is 4. The van der Waals surface area contributed by atoms with Crippen LogP contribution in [0.1, 0.15) is 31.7 Å². The van der Waals surface area contributed by atoms with E-state index in [2.05, 4.69) is 20.6 Å². The Balaban J connectivity index is 0.00000320. The molecule has 1 saturated heterocycles. The number of rotatable bonds is 8. The van der Waals surface area contributed by atoms with E-state index in [1.54, 1.807) is 0 Å². The Hall–Kier alpha value is -1.01. The second kappa shape index (κ2) is 11.6. The van der Waals surface area contributed by atoms with E-state index in [1.165, 1.54) is 12.8 Å². The maximum absolute atomic E-state index is 12.8. The van der Waals surface area contributed by atoms with Crippen molar-refractivity contribution in [3.8, 4) is 0 Å². The number of hydrogen-bond donors (Lipinski definition) is 2. The van der Waals surface area contributed by atoms with Crippen molar-refractivity contribution in [1.29, 1.82) is 0 Å². The average molecular weight is 562 g/mol. The number of pyridine rings is 1. The van der Waals surface area contributed by atoms with E-state index in [0.29, 0.717) is 38.0 Å². The second-order valence-corrected chi connectivity index (χ2v) is 7.79. The molecular weight excluding hydrogens is 534 g/mol. The third-order valence-corrected chi connectivity index (χ3v) is 5.16. The summed E-state index contributed by atoms with van der Waals surface area (Å²) < 4.78 is 44.0. The number of aliphatic imine (C=N–C) groups is 1. The molecule has 2 heterocycles. The van der Waals surface area contributed by atoms with E-state index < -0.39 is 11.7 Å².